The summed E-state index contributed by atoms with van der Waals surface area (Å²) in [5.74, 6) is 0.751. The Hall–Kier alpha value is -0.120. The maximum absolute atomic E-state index is 5.79. The fraction of sp³-hybridized carbons (Fsp3) is 1.00. The van der Waals surface area contributed by atoms with Crippen LogP contribution in [0.4, 0.5) is 0 Å². The van der Waals surface area contributed by atoms with E-state index in [4.69, 9.17) is 9.47 Å². The summed E-state index contributed by atoms with van der Waals surface area (Å²) in [6.45, 7) is 7.43. The standard InChI is InChI=1S/C12H21NO2/c1-12(2)10(9-4-6-15-11(9)12)13-8-3-5-14-7-8/h8-11,13H,3-7H2,1-2H3. The van der Waals surface area contributed by atoms with Crippen LogP contribution in [-0.4, -0.2) is 38.0 Å². The molecule has 2 heterocycles. The largest absolute Gasteiger partial charge is 0.380 e. The van der Waals surface area contributed by atoms with Crippen LogP contribution in [0.25, 0.3) is 0 Å². The van der Waals surface area contributed by atoms with Gasteiger partial charge in [0.1, 0.15) is 0 Å². The maximum atomic E-state index is 5.79. The summed E-state index contributed by atoms with van der Waals surface area (Å²) in [7, 11) is 0. The van der Waals surface area contributed by atoms with Crippen molar-refractivity contribution in [1.82, 2.24) is 5.32 Å². The van der Waals surface area contributed by atoms with Crippen molar-refractivity contribution in [2.24, 2.45) is 11.3 Å². The van der Waals surface area contributed by atoms with E-state index in [0.29, 0.717) is 23.6 Å². The van der Waals surface area contributed by atoms with Crippen molar-refractivity contribution in [3.8, 4) is 0 Å². The van der Waals surface area contributed by atoms with Gasteiger partial charge in [0.05, 0.1) is 12.7 Å². The van der Waals surface area contributed by atoms with Crippen LogP contribution < -0.4 is 5.32 Å². The minimum Gasteiger partial charge on any atom is -0.380 e. The van der Waals surface area contributed by atoms with Crippen LogP contribution in [0, 0.1) is 11.3 Å². The lowest BCUT2D eigenvalue weighted by Gasteiger charge is -2.55. The van der Waals surface area contributed by atoms with E-state index in [-0.39, 0.29) is 0 Å². The Morgan fingerprint density at radius 2 is 2.07 bits per heavy atom. The van der Waals surface area contributed by atoms with E-state index >= 15 is 0 Å². The summed E-state index contributed by atoms with van der Waals surface area (Å²) < 4.78 is 11.2. The van der Waals surface area contributed by atoms with Gasteiger partial charge in [-0.15, -0.1) is 0 Å². The second-order valence-electron chi connectivity index (χ2n) is 5.77. The van der Waals surface area contributed by atoms with Crippen molar-refractivity contribution in [2.45, 2.75) is 44.9 Å². The minimum atomic E-state index is 0.309. The normalized spacial score (nSPS) is 47.6. The Balaban J connectivity index is 1.65. The van der Waals surface area contributed by atoms with Gasteiger partial charge in [0, 0.05) is 36.6 Å². The second kappa shape index (κ2) is 3.44. The lowest BCUT2D eigenvalue weighted by Crippen LogP contribution is -2.67. The Morgan fingerprint density at radius 3 is 2.80 bits per heavy atom. The molecule has 4 unspecified atom stereocenters. The van der Waals surface area contributed by atoms with Crippen LogP contribution in [0.2, 0.25) is 0 Å². The van der Waals surface area contributed by atoms with Gasteiger partial charge in [0.25, 0.3) is 0 Å². The van der Waals surface area contributed by atoms with Crippen molar-refractivity contribution < 1.29 is 9.47 Å². The van der Waals surface area contributed by atoms with Gasteiger partial charge in [-0.3, -0.25) is 0 Å². The van der Waals surface area contributed by atoms with Gasteiger partial charge in [-0.25, -0.2) is 0 Å². The summed E-state index contributed by atoms with van der Waals surface area (Å²) in [6, 6.07) is 1.22. The molecule has 2 aliphatic heterocycles. The molecule has 0 radical (unpaired) electrons. The molecule has 0 aromatic rings. The topological polar surface area (TPSA) is 30.5 Å². The SMILES string of the molecule is CC1(C)C(NC2CCOC2)C2CCOC21. The highest BCUT2D eigenvalue weighted by atomic mass is 16.5. The molecule has 15 heavy (non-hydrogen) atoms. The number of fused-ring (bicyclic) bond motifs is 1. The molecule has 3 aliphatic rings. The smallest absolute Gasteiger partial charge is 0.0685 e. The molecule has 0 amide bonds. The van der Waals surface area contributed by atoms with Crippen LogP contribution in [-0.2, 0) is 9.47 Å². The highest BCUT2D eigenvalue weighted by Gasteiger charge is 2.59. The summed E-state index contributed by atoms with van der Waals surface area (Å²) in [5, 5.41) is 3.77. The quantitative estimate of drug-likeness (QED) is 0.744. The molecule has 3 nitrogen and oxygen atoms in total. The number of rotatable bonds is 2. The average Bonchev–Trinajstić information content (AvgIpc) is 2.84. The van der Waals surface area contributed by atoms with Gasteiger partial charge < -0.3 is 14.8 Å². The van der Waals surface area contributed by atoms with Crippen molar-refractivity contribution in [1.29, 1.82) is 0 Å². The molecule has 3 fully saturated rings. The zero-order chi connectivity index (χ0) is 10.5. The first-order chi connectivity index (χ1) is 7.19. The van der Waals surface area contributed by atoms with E-state index in [1.165, 1.54) is 12.8 Å². The third-order valence-electron chi connectivity index (χ3n) is 4.45. The molecule has 0 bridgehead atoms. The molecule has 0 spiro atoms. The molecule has 0 aromatic carbocycles. The van der Waals surface area contributed by atoms with E-state index in [2.05, 4.69) is 19.2 Å². The maximum Gasteiger partial charge on any atom is 0.0685 e. The third-order valence-corrected chi connectivity index (χ3v) is 4.45. The van der Waals surface area contributed by atoms with Crippen LogP contribution in [0.1, 0.15) is 26.7 Å². The van der Waals surface area contributed by atoms with Crippen molar-refractivity contribution in [3.05, 3.63) is 0 Å². The van der Waals surface area contributed by atoms with Gasteiger partial charge >= 0.3 is 0 Å². The van der Waals surface area contributed by atoms with Crippen LogP contribution in [0.5, 0.6) is 0 Å². The first kappa shape index (κ1) is 10.1. The molecule has 1 saturated carbocycles. The average molecular weight is 211 g/mol. The van der Waals surface area contributed by atoms with Gasteiger partial charge in [-0.05, 0) is 12.8 Å². The summed E-state index contributed by atoms with van der Waals surface area (Å²) in [4.78, 5) is 0. The molecule has 86 valence electrons. The molecule has 3 rings (SSSR count). The molecule has 3 heteroatoms. The number of hydrogen-bond donors (Lipinski definition) is 1. The van der Waals surface area contributed by atoms with E-state index in [9.17, 15) is 0 Å². The van der Waals surface area contributed by atoms with Gasteiger partial charge in [0.15, 0.2) is 0 Å². The highest BCUT2D eigenvalue weighted by molar-refractivity contribution is 5.11. The summed E-state index contributed by atoms with van der Waals surface area (Å²) in [6.07, 6.45) is 2.90. The summed E-state index contributed by atoms with van der Waals surface area (Å²) in [5.41, 5.74) is 0.309. The predicted molar refractivity (Wildman–Crippen MR) is 57.8 cm³/mol. The lowest BCUT2D eigenvalue weighted by molar-refractivity contribution is -0.115. The zero-order valence-electron chi connectivity index (χ0n) is 9.66. The van der Waals surface area contributed by atoms with Crippen molar-refractivity contribution >= 4 is 0 Å². The molecule has 2 saturated heterocycles. The fourth-order valence-corrected chi connectivity index (χ4v) is 3.58. The minimum absolute atomic E-state index is 0.309. The Morgan fingerprint density at radius 1 is 1.20 bits per heavy atom. The second-order valence-corrected chi connectivity index (χ2v) is 5.77. The van der Waals surface area contributed by atoms with Crippen molar-refractivity contribution in [3.63, 3.8) is 0 Å². The van der Waals surface area contributed by atoms with Gasteiger partial charge in [0.2, 0.25) is 0 Å². The number of ether oxygens (including phenoxy) is 2. The van der Waals surface area contributed by atoms with E-state index in [1.54, 1.807) is 0 Å². The highest BCUT2D eigenvalue weighted by Crippen LogP contribution is 2.52. The van der Waals surface area contributed by atoms with Crippen LogP contribution in [0.15, 0.2) is 0 Å². The van der Waals surface area contributed by atoms with Crippen LogP contribution in [0.3, 0.4) is 0 Å². The van der Waals surface area contributed by atoms with E-state index in [1.807, 2.05) is 0 Å². The number of hydrogen-bond acceptors (Lipinski definition) is 3. The van der Waals surface area contributed by atoms with Crippen LogP contribution >= 0.6 is 0 Å². The van der Waals surface area contributed by atoms with Gasteiger partial charge in [-0.1, -0.05) is 13.8 Å². The van der Waals surface area contributed by atoms with Crippen molar-refractivity contribution in [2.75, 3.05) is 19.8 Å². The number of nitrogens with one attached hydrogen (secondary N) is 1. The monoisotopic (exact) mass is 211 g/mol. The molecular weight excluding hydrogens is 190 g/mol. The molecule has 0 aromatic heterocycles. The first-order valence-electron chi connectivity index (χ1n) is 6.15. The molecular formula is C12H21NO2. The van der Waals surface area contributed by atoms with E-state index in [0.717, 1.165) is 25.7 Å². The summed E-state index contributed by atoms with van der Waals surface area (Å²) >= 11 is 0. The fourth-order valence-electron chi connectivity index (χ4n) is 3.58. The first-order valence-corrected chi connectivity index (χ1v) is 6.15. The Bertz CT molecular complexity index is 248. The molecule has 1 aliphatic carbocycles. The zero-order valence-corrected chi connectivity index (χ0v) is 9.66. The lowest BCUT2D eigenvalue weighted by atomic mass is 9.57. The van der Waals surface area contributed by atoms with Gasteiger partial charge in [-0.2, -0.15) is 0 Å². The molecule has 4 atom stereocenters. The predicted octanol–water partition coefficient (Wildman–Crippen LogP) is 1.18. The molecule has 1 N–H and O–H groups in total. The Kier molecular flexibility index (Phi) is 2.31. The Labute approximate surface area is 91.5 Å². The third kappa shape index (κ3) is 1.44. The van der Waals surface area contributed by atoms with E-state index < -0.39 is 0 Å².